The molecule has 25 heavy (non-hydrogen) atoms. The summed E-state index contributed by atoms with van der Waals surface area (Å²) in [6, 6.07) is 9.84. The van der Waals surface area contributed by atoms with E-state index in [1.165, 1.54) is 0 Å². The van der Waals surface area contributed by atoms with Gasteiger partial charge in [-0.25, -0.2) is 0 Å². The number of piperidine rings is 1. The SMILES string of the molecule is O=c1[nH]ccnc1CN1CCC(c2nc(-c3ccccc3)no2)CC1. The van der Waals surface area contributed by atoms with Gasteiger partial charge in [0, 0.05) is 30.4 Å². The molecule has 7 heteroatoms. The number of aromatic nitrogens is 4. The largest absolute Gasteiger partial charge is 0.339 e. The average molecular weight is 337 g/mol. The summed E-state index contributed by atoms with van der Waals surface area (Å²) in [6.07, 6.45) is 5.04. The first-order chi connectivity index (χ1) is 12.3. The number of benzene rings is 1. The topological polar surface area (TPSA) is 87.9 Å². The molecule has 4 rings (SSSR count). The average Bonchev–Trinajstić information content (AvgIpc) is 3.15. The molecule has 2 aromatic heterocycles. The van der Waals surface area contributed by atoms with E-state index in [4.69, 9.17) is 4.52 Å². The maximum absolute atomic E-state index is 11.7. The number of nitrogens with one attached hydrogen (secondary N) is 1. The van der Waals surface area contributed by atoms with Crippen molar-refractivity contribution in [2.24, 2.45) is 0 Å². The van der Waals surface area contributed by atoms with Crippen LogP contribution in [0.2, 0.25) is 0 Å². The monoisotopic (exact) mass is 337 g/mol. The Morgan fingerprint density at radius 3 is 2.76 bits per heavy atom. The molecule has 0 saturated carbocycles. The van der Waals surface area contributed by atoms with Crippen LogP contribution in [0.4, 0.5) is 0 Å². The standard InChI is InChI=1S/C18H19N5O2/c24-17-15(19-8-9-20-17)12-23-10-6-14(7-11-23)18-21-16(22-25-18)13-4-2-1-3-5-13/h1-5,8-9,14H,6-7,10-12H2,(H,20,24). The molecule has 0 amide bonds. The quantitative estimate of drug-likeness (QED) is 0.785. The predicted octanol–water partition coefficient (Wildman–Crippen LogP) is 2.20. The first-order valence-corrected chi connectivity index (χ1v) is 8.43. The third-order valence-corrected chi connectivity index (χ3v) is 4.57. The molecular formula is C18H19N5O2. The highest BCUT2D eigenvalue weighted by molar-refractivity contribution is 5.53. The zero-order valence-electron chi connectivity index (χ0n) is 13.8. The van der Waals surface area contributed by atoms with Gasteiger partial charge < -0.3 is 9.51 Å². The minimum absolute atomic E-state index is 0.117. The summed E-state index contributed by atoms with van der Waals surface area (Å²) in [5, 5.41) is 4.10. The molecule has 1 fully saturated rings. The van der Waals surface area contributed by atoms with Crippen molar-refractivity contribution in [2.75, 3.05) is 13.1 Å². The first kappa shape index (κ1) is 15.7. The van der Waals surface area contributed by atoms with E-state index >= 15 is 0 Å². The van der Waals surface area contributed by atoms with Gasteiger partial charge in [-0.2, -0.15) is 4.98 Å². The smallest absolute Gasteiger partial charge is 0.270 e. The summed E-state index contributed by atoms with van der Waals surface area (Å²) in [5.74, 6) is 1.61. The van der Waals surface area contributed by atoms with Crippen LogP contribution in [-0.2, 0) is 6.54 Å². The molecule has 0 aliphatic carbocycles. The molecule has 0 atom stereocenters. The van der Waals surface area contributed by atoms with Crippen LogP contribution < -0.4 is 5.56 Å². The fourth-order valence-electron chi connectivity index (χ4n) is 3.15. The maximum Gasteiger partial charge on any atom is 0.270 e. The van der Waals surface area contributed by atoms with Gasteiger partial charge in [0.2, 0.25) is 11.7 Å². The van der Waals surface area contributed by atoms with Gasteiger partial charge in [0.1, 0.15) is 5.69 Å². The fourth-order valence-corrected chi connectivity index (χ4v) is 3.15. The van der Waals surface area contributed by atoms with Gasteiger partial charge in [-0.3, -0.25) is 14.7 Å². The van der Waals surface area contributed by atoms with E-state index in [0.717, 1.165) is 31.5 Å². The van der Waals surface area contributed by atoms with Crippen molar-refractivity contribution in [3.05, 3.63) is 64.7 Å². The molecular weight excluding hydrogens is 318 g/mol. The zero-order chi connectivity index (χ0) is 17.1. The lowest BCUT2D eigenvalue weighted by Gasteiger charge is -2.29. The van der Waals surface area contributed by atoms with Gasteiger partial charge in [-0.15, -0.1) is 0 Å². The Bertz CT molecular complexity index is 881. The minimum atomic E-state index is -0.117. The van der Waals surface area contributed by atoms with Crippen molar-refractivity contribution in [3.8, 4) is 11.4 Å². The second-order valence-corrected chi connectivity index (χ2v) is 6.24. The Morgan fingerprint density at radius 1 is 1.20 bits per heavy atom. The summed E-state index contributed by atoms with van der Waals surface area (Å²) in [4.78, 5) is 25.4. The summed E-state index contributed by atoms with van der Waals surface area (Å²) in [7, 11) is 0. The highest BCUT2D eigenvalue weighted by atomic mass is 16.5. The van der Waals surface area contributed by atoms with Crippen LogP contribution in [0.15, 0.2) is 52.0 Å². The molecule has 0 unspecified atom stereocenters. The molecule has 1 aliphatic rings. The van der Waals surface area contributed by atoms with E-state index in [0.29, 0.717) is 24.0 Å². The van der Waals surface area contributed by atoms with E-state index in [-0.39, 0.29) is 11.5 Å². The van der Waals surface area contributed by atoms with E-state index in [1.807, 2.05) is 30.3 Å². The lowest BCUT2D eigenvalue weighted by molar-refractivity contribution is 0.185. The van der Waals surface area contributed by atoms with Gasteiger partial charge in [0.05, 0.1) is 0 Å². The van der Waals surface area contributed by atoms with Crippen LogP contribution in [0.3, 0.4) is 0 Å². The molecule has 3 heterocycles. The van der Waals surface area contributed by atoms with Crippen LogP contribution in [0, 0.1) is 0 Å². The van der Waals surface area contributed by atoms with Crippen molar-refractivity contribution in [2.45, 2.75) is 25.3 Å². The third-order valence-electron chi connectivity index (χ3n) is 4.57. The van der Waals surface area contributed by atoms with Gasteiger partial charge >= 0.3 is 0 Å². The second-order valence-electron chi connectivity index (χ2n) is 6.24. The van der Waals surface area contributed by atoms with Crippen molar-refractivity contribution in [3.63, 3.8) is 0 Å². The molecule has 0 spiro atoms. The molecule has 128 valence electrons. The Morgan fingerprint density at radius 2 is 2.00 bits per heavy atom. The van der Waals surface area contributed by atoms with Crippen molar-refractivity contribution < 1.29 is 4.52 Å². The van der Waals surface area contributed by atoms with E-state index in [2.05, 4.69) is 25.0 Å². The summed E-state index contributed by atoms with van der Waals surface area (Å²) < 4.78 is 5.48. The number of hydrogen-bond acceptors (Lipinski definition) is 6. The van der Waals surface area contributed by atoms with E-state index in [9.17, 15) is 4.79 Å². The molecule has 1 saturated heterocycles. The van der Waals surface area contributed by atoms with Gasteiger partial charge in [0.25, 0.3) is 5.56 Å². The Balaban J connectivity index is 1.38. The van der Waals surface area contributed by atoms with E-state index in [1.54, 1.807) is 12.4 Å². The first-order valence-electron chi connectivity index (χ1n) is 8.43. The highest BCUT2D eigenvalue weighted by Gasteiger charge is 2.26. The van der Waals surface area contributed by atoms with Gasteiger partial charge in [-0.1, -0.05) is 35.5 Å². The molecule has 0 radical (unpaired) electrons. The zero-order valence-corrected chi connectivity index (χ0v) is 13.8. The van der Waals surface area contributed by atoms with Crippen LogP contribution >= 0.6 is 0 Å². The number of aromatic amines is 1. The van der Waals surface area contributed by atoms with Crippen LogP contribution in [0.1, 0.15) is 30.3 Å². The van der Waals surface area contributed by atoms with E-state index < -0.39 is 0 Å². The van der Waals surface area contributed by atoms with Gasteiger partial charge in [0.15, 0.2) is 0 Å². The number of hydrogen-bond donors (Lipinski definition) is 1. The minimum Gasteiger partial charge on any atom is -0.339 e. The van der Waals surface area contributed by atoms with Crippen molar-refractivity contribution in [1.29, 1.82) is 0 Å². The van der Waals surface area contributed by atoms with Gasteiger partial charge in [-0.05, 0) is 25.9 Å². The lowest BCUT2D eigenvalue weighted by atomic mass is 9.96. The van der Waals surface area contributed by atoms with Crippen LogP contribution in [0.25, 0.3) is 11.4 Å². The predicted molar refractivity (Wildman–Crippen MR) is 91.8 cm³/mol. The molecule has 1 aromatic carbocycles. The Kier molecular flexibility index (Phi) is 4.39. The van der Waals surface area contributed by atoms with Crippen LogP contribution in [-0.4, -0.2) is 38.1 Å². The number of likely N-dealkylation sites (tertiary alicyclic amines) is 1. The van der Waals surface area contributed by atoms with Crippen molar-refractivity contribution >= 4 is 0 Å². The molecule has 1 N–H and O–H groups in total. The highest BCUT2D eigenvalue weighted by Crippen LogP contribution is 2.28. The van der Waals surface area contributed by atoms with Crippen molar-refractivity contribution in [1.82, 2.24) is 25.0 Å². The number of H-pyrrole nitrogens is 1. The summed E-state index contributed by atoms with van der Waals surface area (Å²) >= 11 is 0. The molecule has 1 aliphatic heterocycles. The second kappa shape index (κ2) is 6.98. The maximum atomic E-state index is 11.7. The normalized spacial score (nSPS) is 16.2. The summed E-state index contributed by atoms with van der Waals surface area (Å²) in [5.41, 5.74) is 1.41. The fraction of sp³-hybridized carbons (Fsp3) is 0.333. The summed E-state index contributed by atoms with van der Waals surface area (Å²) in [6.45, 7) is 2.33. The molecule has 3 aromatic rings. The lowest BCUT2D eigenvalue weighted by Crippen LogP contribution is -2.34. The Labute approximate surface area is 144 Å². The number of rotatable bonds is 4. The molecule has 7 nitrogen and oxygen atoms in total. The molecule has 0 bridgehead atoms. The Hall–Kier alpha value is -2.80. The third kappa shape index (κ3) is 3.51. The van der Waals surface area contributed by atoms with Crippen LogP contribution in [0.5, 0.6) is 0 Å². The number of nitrogens with zero attached hydrogens (tertiary/aromatic N) is 4.